The Morgan fingerprint density at radius 3 is 2.76 bits per heavy atom. The molecule has 1 heterocycles. The lowest BCUT2D eigenvalue weighted by molar-refractivity contribution is 0.146. The second-order valence-electron chi connectivity index (χ2n) is 3.29. The van der Waals surface area contributed by atoms with Gasteiger partial charge in [-0.25, -0.2) is 18.1 Å². The number of ether oxygens (including phenoxy) is 1. The maximum Gasteiger partial charge on any atom is 0.251 e. The number of halogens is 1. The van der Waals surface area contributed by atoms with Crippen LogP contribution < -0.4 is 4.72 Å². The highest BCUT2D eigenvalue weighted by molar-refractivity contribution is 7.91. The van der Waals surface area contributed by atoms with E-state index >= 15 is 0 Å². The fourth-order valence-corrected chi connectivity index (χ4v) is 4.05. The van der Waals surface area contributed by atoms with Crippen molar-refractivity contribution in [1.29, 1.82) is 0 Å². The summed E-state index contributed by atoms with van der Waals surface area (Å²) in [7, 11) is -3.49. The molecule has 0 fully saturated rings. The standard InChI is InChI=1S/C9H15ClN2O3S2/c1-3-15-6-4-5-11-17(13,14)8-7(2)12-9(10)16-8/h11H,3-6H2,1-2H3. The lowest BCUT2D eigenvalue weighted by Gasteiger charge is -2.05. The minimum atomic E-state index is -3.49. The van der Waals surface area contributed by atoms with Crippen LogP contribution in [0.4, 0.5) is 0 Å². The van der Waals surface area contributed by atoms with Crippen LogP contribution in [-0.4, -0.2) is 33.2 Å². The minimum Gasteiger partial charge on any atom is -0.382 e. The molecule has 0 radical (unpaired) electrons. The first-order chi connectivity index (χ1) is 7.97. The number of thiazole rings is 1. The molecule has 0 aromatic carbocycles. The molecule has 8 heteroatoms. The maximum atomic E-state index is 11.9. The largest absolute Gasteiger partial charge is 0.382 e. The van der Waals surface area contributed by atoms with Crippen LogP contribution in [0.25, 0.3) is 0 Å². The summed E-state index contributed by atoms with van der Waals surface area (Å²) in [6.07, 6.45) is 0.638. The van der Waals surface area contributed by atoms with Gasteiger partial charge >= 0.3 is 0 Å². The Morgan fingerprint density at radius 1 is 1.53 bits per heavy atom. The minimum absolute atomic E-state index is 0.180. The predicted molar refractivity (Wildman–Crippen MR) is 68.2 cm³/mol. The number of hydrogen-bond donors (Lipinski definition) is 1. The van der Waals surface area contributed by atoms with Gasteiger partial charge in [0.15, 0.2) is 8.68 Å². The number of aromatic nitrogens is 1. The second-order valence-corrected chi connectivity index (χ2v) is 6.83. The number of nitrogens with one attached hydrogen (secondary N) is 1. The smallest absolute Gasteiger partial charge is 0.251 e. The molecule has 0 spiro atoms. The van der Waals surface area contributed by atoms with Crippen LogP contribution in [0.15, 0.2) is 4.21 Å². The van der Waals surface area contributed by atoms with Crippen molar-refractivity contribution in [3.05, 3.63) is 10.2 Å². The average molecular weight is 299 g/mol. The summed E-state index contributed by atoms with van der Waals surface area (Å²) in [5.74, 6) is 0. The Morgan fingerprint density at radius 2 is 2.24 bits per heavy atom. The number of aryl methyl sites for hydroxylation is 1. The Labute approximate surface area is 110 Å². The Hall–Kier alpha value is -0.210. The highest BCUT2D eigenvalue weighted by atomic mass is 35.5. The molecule has 0 amide bonds. The van der Waals surface area contributed by atoms with Crippen LogP contribution in [0.2, 0.25) is 4.47 Å². The highest BCUT2D eigenvalue weighted by Gasteiger charge is 2.20. The number of sulfonamides is 1. The molecule has 0 aliphatic heterocycles. The van der Waals surface area contributed by atoms with E-state index in [9.17, 15) is 8.42 Å². The van der Waals surface area contributed by atoms with Crippen LogP contribution in [0.3, 0.4) is 0 Å². The summed E-state index contributed by atoms with van der Waals surface area (Å²) in [6, 6.07) is 0. The van der Waals surface area contributed by atoms with Crippen LogP contribution >= 0.6 is 22.9 Å². The van der Waals surface area contributed by atoms with E-state index in [1.165, 1.54) is 0 Å². The van der Waals surface area contributed by atoms with Crippen LogP contribution in [0.5, 0.6) is 0 Å². The number of rotatable bonds is 7. The lowest BCUT2D eigenvalue weighted by atomic mass is 10.5. The van der Waals surface area contributed by atoms with Crippen molar-refractivity contribution < 1.29 is 13.2 Å². The van der Waals surface area contributed by atoms with Gasteiger partial charge in [0, 0.05) is 19.8 Å². The molecule has 98 valence electrons. The normalized spacial score (nSPS) is 11.9. The zero-order chi connectivity index (χ0) is 12.9. The second kappa shape index (κ2) is 6.65. The third-order valence-corrected chi connectivity index (χ3v) is 5.27. The Kier molecular flexibility index (Phi) is 5.81. The third kappa shape index (κ3) is 4.51. The molecule has 0 aliphatic carbocycles. The highest BCUT2D eigenvalue weighted by Crippen LogP contribution is 2.26. The van der Waals surface area contributed by atoms with E-state index in [-0.39, 0.29) is 8.68 Å². The predicted octanol–water partition coefficient (Wildman–Crippen LogP) is 1.81. The summed E-state index contributed by atoms with van der Waals surface area (Å²) >= 11 is 6.63. The first-order valence-electron chi connectivity index (χ1n) is 5.17. The van der Waals surface area contributed by atoms with E-state index < -0.39 is 10.0 Å². The van der Waals surface area contributed by atoms with Gasteiger partial charge in [0.2, 0.25) is 0 Å². The summed E-state index contributed by atoms with van der Waals surface area (Å²) in [5, 5.41) is 0. The van der Waals surface area contributed by atoms with Crippen molar-refractivity contribution >= 4 is 33.0 Å². The van der Waals surface area contributed by atoms with Gasteiger partial charge < -0.3 is 4.74 Å². The van der Waals surface area contributed by atoms with E-state index in [0.29, 0.717) is 31.9 Å². The van der Waals surface area contributed by atoms with Crippen molar-refractivity contribution in [3.8, 4) is 0 Å². The molecule has 5 nitrogen and oxygen atoms in total. The topological polar surface area (TPSA) is 68.3 Å². The van der Waals surface area contributed by atoms with Gasteiger partial charge in [0.05, 0.1) is 5.69 Å². The SMILES string of the molecule is CCOCCCNS(=O)(=O)c1sc(Cl)nc1C. The van der Waals surface area contributed by atoms with Gasteiger partial charge in [0.1, 0.15) is 0 Å². The molecular formula is C9H15ClN2O3S2. The molecule has 1 aromatic heterocycles. The van der Waals surface area contributed by atoms with Crippen LogP contribution in [0.1, 0.15) is 19.0 Å². The van der Waals surface area contributed by atoms with Gasteiger partial charge in [0.25, 0.3) is 10.0 Å². The number of hydrogen-bond acceptors (Lipinski definition) is 5. The summed E-state index contributed by atoms with van der Waals surface area (Å²) in [4.78, 5) is 3.88. The zero-order valence-corrected chi connectivity index (χ0v) is 12.1. The molecule has 0 aliphatic rings. The molecule has 1 N–H and O–H groups in total. The van der Waals surface area contributed by atoms with Crippen molar-refractivity contribution in [2.24, 2.45) is 0 Å². The zero-order valence-electron chi connectivity index (χ0n) is 9.69. The van der Waals surface area contributed by atoms with Gasteiger partial charge in [-0.05, 0) is 20.3 Å². The Bertz CT molecular complexity index is 459. The monoisotopic (exact) mass is 298 g/mol. The molecule has 1 rings (SSSR count). The fraction of sp³-hybridized carbons (Fsp3) is 0.667. The van der Waals surface area contributed by atoms with Gasteiger partial charge in [-0.3, -0.25) is 0 Å². The van der Waals surface area contributed by atoms with E-state index in [1.54, 1.807) is 6.92 Å². The van der Waals surface area contributed by atoms with Gasteiger partial charge in [-0.2, -0.15) is 0 Å². The van der Waals surface area contributed by atoms with Crippen molar-refractivity contribution in [2.45, 2.75) is 24.5 Å². The quantitative estimate of drug-likeness (QED) is 0.780. The van der Waals surface area contributed by atoms with E-state index in [1.807, 2.05) is 6.92 Å². The maximum absolute atomic E-state index is 11.9. The van der Waals surface area contributed by atoms with Crippen LogP contribution in [0, 0.1) is 6.92 Å². The molecule has 0 saturated heterocycles. The molecule has 1 aromatic rings. The molecule has 0 bridgehead atoms. The van der Waals surface area contributed by atoms with E-state index in [4.69, 9.17) is 16.3 Å². The van der Waals surface area contributed by atoms with Crippen molar-refractivity contribution in [2.75, 3.05) is 19.8 Å². The first-order valence-corrected chi connectivity index (χ1v) is 7.85. The van der Waals surface area contributed by atoms with E-state index in [2.05, 4.69) is 9.71 Å². The average Bonchev–Trinajstić information content (AvgIpc) is 2.58. The molecular weight excluding hydrogens is 284 g/mol. The summed E-state index contributed by atoms with van der Waals surface area (Å²) in [5.41, 5.74) is 0.428. The van der Waals surface area contributed by atoms with Gasteiger partial charge in [-0.15, -0.1) is 0 Å². The first kappa shape index (κ1) is 14.8. The summed E-state index contributed by atoms with van der Waals surface area (Å²) in [6.45, 7) is 5.04. The van der Waals surface area contributed by atoms with Crippen molar-refractivity contribution in [1.82, 2.24) is 9.71 Å². The Balaban J connectivity index is 2.54. The van der Waals surface area contributed by atoms with Crippen molar-refractivity contribution in [3.63, 3.8) is 0 Å². The fourth-order valence-electron chi connectivity index (χ4n) is 1.19. The van der Waals surface area contributed by atoms with Crippen LogP contribution in [-0.2, 0) is 14.8 Å². The van der Waals surface area contributed by atoms with E-state index in [0.717, 1.165) is 11.3 Å². The number of nitrogens with zero attached hydrogens (tertiary/aromatic N) is 1. The molecule has 17 heavy (non-hydrogen) atoms. The molecule has 0 unspecified atom stereocenters. The molecule has 0 saturated carbocycles. The third-order valence-electron chi connectivity index (χ3n) is 1.93. The summed E-state index contributed by atoms with van der Waals surface area (Å²) < 4.78 is 31.7. The van der Waals surface area contributed by atoms with Gasteiger partial charge in [-0.1, -0.05) is 22.9 Å². The molecule has 0 atom stereocenters. The lowest BCUT2D eigenvalue weighted by Crippen LogP contribution is -2.25.